The van der Waals surface area contributed by atoms with Gasteiger partial charge in [0.1, 0.15) is 0 Å². The van der Waals surface area contributed by atoms with Crippen LogP contribution in [0.15, 0.2) is 170 Å². The maximum absolute atomic E-state index is 2.52. The van der Waals surface area contributed by atoms with Crippen molar-refractivity contribution in [2.75, 3.05) is 0 Å². The third-order valence-corrected chi connectivity index (χ3v) is 16.8. The van der Waals surface area contributed by atoms with Gasteiger partial charge in [-0.15, -0.1) is 0 Å². The highest BCUT2D eigenvalue weighted by molar-refractivity contribution is 6.93. The van der Waals surface area contributed by atoms with Crippen molar-refractivity contribution in [3.05, 3.63) is 170 Å². The van der Waals surface area contributed by atoms with Crippen molar-refractivity contribution < 1.29 is 0 Å². The molecule has 278 valence electrons. The molecule has 0 aliphatic heterocycles. The zero-order valence-electron chi connectivity index (χ0n) is 34.2. The van der Waals surface area contributed by atoms with Crippen molar-refractivity contribution in [2.45, 2.75) is 39.3 Å². The maximum Gasteiger partial charge on any atom is 0.0792 e. The zero-order chi connectivity index (χ0) is 39.5. The minimum Gasteiger partial charge on any atom is -0.0656 e. The van der Waals surface area contributed by atoms with E-state index in [1.165, 1.54) is 109 Å². The summed E-state index contributed by atoms with van der Waals surface area (Å²) in [6.07, 6.45) is 0. The van der Waals surface area contributed by atoms with Gasteiger partial charge in [0.25, 0.3) is 0 Å². The molecule has 2 heteroatoms. The molecule has 11 aromatic carbocycles. The Bertz CT molecular complexity index is 3180. The SMILES string of the molecule is C[Si](C)(C)c1c2ccccc2c(-c2cc(-c3c4ccccc4c([Si](C)(C)C)c4ccccc34)cc(-c3ccc4ccc5cccc6ccc3c4c56)c2)c2ccccc12. The van der Waals surface area contributed by atoms with E-state index in [-0.39, 0.29) is 0 Å². The average Bonchev–Trinajstić information content (AvgIpc) is 3.22. The molecule has 58 heavy (non-hydrogen) atoms. The van der Waals surface area contributed by atoms with Crippen LogP contribution < -0.4 is 10.4 Å². The third kappa shape index (κ3) is 5.25. The first kappa shape index (κ1) is 35.1. The van der Waals surface area contributed by atoms with Gasteiger partial charge in [0.2, 0.25) is 0 Å². The van der Waals surface area contributed by atoms with Crippen molar-refractivity contribution in [1.82, 2.24) is 0 Å². The Kier molecular flexibility index (Phi) is 7.70. The molecule has 0 heterocycles. The molecule has 0 atom stereocenters. The summed E-state index contributed by atoms with van der Waals surface area (Å²) in [4.78, 5) is 0. The largest absolute Gasteiger partial charge is 0.0792 e. The molecule has 0 unspecified atom stereocenters. The molecular weight excluding hydrogens is 729 g/mol. The van der Waals surface area contributed by atoms with E-state index in [9.17, 15) is 0 Å². The molecule has 0 aromatic heterocycles. The standard InChI is InChI=1S/C56H46Si2/c1-57(2,3)55-47-22-11-7-18-42(47)52(43-19-8-12-23-48(43)55)39-32-38(41-30-28-37-27-26-35-16-15-17-36-29-31-46(41)54(37)51(35)36)33-40(34-39)53-44-20-9-13-24-49(44)56(58(4,5)6)50-25-14-10-21-45(50)53/h7-34H,1-6H3. The highest BCUT2D eigenvalue weighted by Crippen LogP contribution is 2.46. The lowest BCUT2D eigenvalue weighted by Gasteiger charge is -2.26. The van der Waals surface area contributed by atoms with Gasteiger partial charge in [-0.1, -0.05) is 191 Å². The molecule has 0 saturated carbocycles. The number of hydrogen-bond donors (Lipinski definition) is 0. The van der Waals surface area contributed by atoms with E-state index >= 15 is 0 Å². The van der Waals surface area contributed by atoms with Crippen LogP contribution >= 0.6 is 0 Å². The zero-order valence-corrected chi connectivity index (χ0v) is 36.2. The second-order valence-electron chi connectivity index (χ2n) is 18.5. The van der Waals surface area contributed by atoms with Crippen LogP contribution in [0.2, 0.25) is 39.3 Å². The first-order valence-corrected chi connectivity index (χ1v) is 27.8. The van der Waals surface area contributed by atoms with Gasteiger partial charge in [0.15, 0.2) is 0 Å². The van der Waals surface area contributed by atoms with E-state index in [0.717, 1.165) is 0 Å². The van der Waals surface area contributed by atoms with Gasteiger partial charge >= 0.3 is 0 Å². The summed E-state index contributed by atoms with van der Waals surface area (Å²) < 4.78 is 0. The quantitative estimate of drug-likeness (QED) is 0.0928. The van der Waals surface area contributed by atoms with E-state index in [1.54, 1.807) is 10.4 Å². The Hall–Kier alpha value is -6.07. The number of hydrogen-bond acceptors (Lipinski definition) is 0. The summed E-state index contributed by atoms with van der Waals surface area (Å²) in [6, 6.07) is 65.1. The van der Waals surface area contributed by atoms with E-state index in [2.05, 4.69) is 209 Å². The molecule has 0 spiro atoms. The Balaban J connectivity index is 1.32. The molecule has 0 amide bonds. The Morgan fingerprint density at radius 3 is 1.03 bits per heavy atom. The fourth-order valence-corrected chi connectivity index (χ4v) is 14.7. The van der Waals surface area contributed by atoms with Crippen molar-refractivity contribution in [2.24, 2.45) is 0 Å². The lowest BCUT2D eigenvalue weighted by molar-refractivity contribution is 1.63. The van der Waals surface area contributed by atoms with Gasteiger partial charge in [-0.2, -0.15) is 0 Å². The molecule has 11 rings (SSSR count). The monoisotopic (exact) mass is 774 g/mol. The fourth-order valence-electron chi connectivity index (χ4n) is 10.6. The number of benzene rings is 11. The second kappa shape index (κ2) is 12.7. The summed E-state index contributed by atoms with van der Waals surface area (Å²) in [5.74, 6) is 0. The Morgan fingerprint density at radius 2 is 0.621 bits per heavy atom. The first-order chi connectivity index (χ1) is 28.1. The van der Waals surface area contributed by atoms with Gasteiger partial charge < -0.3 is 0 Å². The van der Waals surface area contributed by atoms with Crippen LogP contribution in [0.3, 0.4) is 0 Å². The van der Waals surface area contributed by atoms with Crippen molar-refractivity contribution in [3.63, 3.8) is 0 Å². The highest BCUT2D eigenvalue weighted by Gasteiger charge is 2.27. The van der Waals surface area contributed by atoms with E-state index in [1.807, 2.05) is 0 Å². The van der Waals surface area contributed by atoms with E-state index in [0.29, 0.717) is 0 Å². The van der Waals surface area contributed by atoms with Gasteiger partial charge in [0, 0.05) is 0 Å². The van der Waals surface area contributed by atoms with Gasteiger partial charge in [-0.05, 0) is 137 Å². The topological polar surface area (TPSA) is 0 Å². The molecule has 11 aromatic rings. The Labute approximate surface area is 342 Å². The molecule has 0 N–H and O–H groups in total. The smallest absolute Gasteiger partial charge is 0.0656 e. The van der Waals surface area contributed by atoms with Gasteiger partial charge in [0.05, 0.1) is 16.1 Å². The van der Waals surface area contributed by atoms with Crippen LogP contribution in [0.5, 0.6) is 0 Å². The molecular formula is C56H46Si2. The molecule has 0 radical (unpaired) electrons. The molecule has 0 aliphatic carbocycles. The van der Waals surface area contributed by atoms with Crippen LogP contribution in [-0.2, 0) is 0 Å². The normalized spacial score (nSPS) is 12.7. The summed E-state index contributed by atoms with van der Waals surface area (Å²) in [5.41, 5.74) is 7.68. The summed E-state index contributed by atoms with van der Waals surface area (Å²) in [6.45, 7) is 15.0. The maximum atomic E-state index is 2.52. The first-order valence-electron chi connectivity index (χ1n) is 20.8. The lowest BCUT2D eigenvalue weighted by Crippen LogP contribution is -2.38. The Morgan fingerprint density at radius 1 is 0.276 bits per heavy atom. The highest BCUT2D eigenvalue weighted by atomic mass is 28.3. The lowest BCUT2D eigenvalue weighted by atomic mass is 9.84. The number of fused-ring (bicyclic) bond motifs is 4. The average molecular weight is 775 g/mol. The summed E-state index contributed by atoms with van der Waals surface area (Å²) in [7, 11) is -3.51. The van der Waals surface area contributed by atoms with Crippen LogP contribution in [0, 0.1) is 0 Å². The predicted molar refractivity (Wildman–Crippen MR) is 262 cm³/mol. The molecule has 0 saturated heterocycles. The van der Waals surface area contributed by atoms with Gasteiger partial charge in [-0.25, -0.2) is 0 Å². The van der Waals surface area contributed by atoms with Gasteiger partial charge in [-0.3, -0.25) is 0 Å². The fraction of sp³-hybridized carbons (Fsp3) is 0.107. The van der Waals surface area contributed by atoms with Crippen molar-refractivity contribution in [1.29, 1.82) is 0 Å². The molecule has 0 aliphatic rings. The van der Waals surface area contributed by atoms with Crippen LogP contribution in [0.4, 0.5) is 0 Å². The molecule has 0 bridgehead atoms. The summed E-state index contributed by atoms with van der Waals surface area (Å²) >= 11 is 0. The minimum absolute atomic E-state index is 1.25. The van der Waals surface area contributed by atoms with Crippen LogP contribution in [0.25, 0.3) is 109 Å². The predicted octanol–water partition coefficient (Wildman–Crippen LogP) is 15.3. The molecule has 0 nitrogen and oxygen atoms in total. The van der Waals surface area contributed by atoms with E-state index in [4.69, 9.17) is 0 Å². The van der Waals surface area contributed by atoms with E-state index < -0.39 is 16.1 Å². The number of rotatable bonds is 5. The third-order valence-electron chi connectivity index (χ3n) is 12.7. The summed E-state index contributed by atoms with van der Waals surface area (Å²) in [5, 5.41) is 21.9. The minimum atomic E-state index is -1.76. The van der Waals surface area contributed by atoms with Crippen molar-refractivity contribution >= 4 is 102 Å². The van der Waals surface area contributed by atoms with Crippen LogP contribution in [-0.4, -0.2) is 16.1 Å². The van der Waals surface area contributed by atoms with Crippen LogP contribution in [0.1, 0.15) is 0 Å². The second-order valence-corrected chi connectivity index (χ2v) is 28.5. The van der Waals surface area contributed by atoms with Crippen molar-refractivity contribution in [3.8, 4) is 33.4 Å². The molecule has 0 fully saturated rings.